The van der Waals surface area contributed by atoms with Crippen LogP contribution in [0, 0.1) is 0 Å². The van der Waals surface area contributed by atoms with E-state index < -0.39 is 0 Å². The van der Waals surface area contributed by atoms with Crippen molar-refractivity contribution in [2.75, 3.05) is 21.3 Å². The molecule has 0 radical (unpaired) electrons. The monoisotopic (exact) mass is 364 g/mol. The van der Waals surface area contributed by atoms with Crippen molar-refractivity contribution in [2.45, 2.75) is 19.3 Å². The molecule has 0 atom stereocenters. The van der Waals surface area contributed by atoms with E-state index in [9.17, 15) is 4.79 Å². The van der Waals surface area contributed by atoms with Crippen LogP contribution in [-0.4, -0.2) is 27.1 Å². The van der Waals surface area contributed by atoms with Crippen molar-refractivity contribution in [2.24, 2.45) is 0 Å². The predicted molar refractivity (Wildman–Crippen MR) is 107 cm³/mol. The highest BCUT2D eigenvalue weighted by Crippen LogP contribution is 2.30. The van der Waals surface area contributed by atoms with Crippen molar-refractivity contribution >= 4 is 17.9 Å². The van der Waals surface area contributed by atoms with E-state index in [0.717, 1.165) is 47.3 Å². The molecule has 0 amide bonds. The van der Waals surface area contributed by atoms with Crippen LogP contribution in [0.25, 0.3) is 12.2 Å². The number of hydrogen-bond acceptors (Lipinski definition) is 4. The number of ether oxygens (including phenoxy) is 3. The maximum absolute atomic E-state index is 12.9. The molecule has 0 N–H and O–H groups in total. The second kappa shape index (κ2) is 8.58. The molecule has 0 aromatic heterocycles. The molecule has 0 heterocycles. The third-order valence-electron chi connectivity index (χ3n) is 4.65. The Morgan fingerprint density at radius 1 is 0.704 bits per heavy atom. The quantitative estimate of drug-likeness (QED) is 0.706. The van der Waals surface area contributed by atoms with Crippen molar-refractivity contribution < 1.29 is 19.0 Å². The van der Waals surface area contributed by atoms with E-state index in [0.29, 0.717) is 11.5 Å². The molecule has 4 heteroatoms. The lowest BCUT2D eigenvalue weighted by Crippen LogP contribution is -2.12. The van der Waals surface area contributed by atoms with Gasteiger partial charge in [-0.05, 0) is 66.8 Å². The van der Waals surface area contributed by atoms with E-state index in [1.165, 1.54) is 0 Å². The fourth-order valence-corrected chi connectivity index (χ4v) is 3.19. The van der Waals surface area contributed by atoms with Crippen molar-refractivity contribution in [1.29, 1.82) is 0 Å². The van der Waals surface area contributed by atoms with Crippen LogP contribution < -0.4 is 14.2 Å². The summed E-state index contributed by atoms with van der Waals surface area (Å²) in [6.45, 7) is 0. The van der Waals surface area contributed by atoms with Crippen LogP contribution in [0.3, 0.4) is 0 Å². The molecule has 0 bridgehead atoms. The molecular weight excluding hydrogens is 340 g/mol. The predicted octanol–water partition coefficient (Wildman–Crippen LogP) is 4.93. The smallest absolute Gasteiger partial charge is 0.185 e. The first-order valence-electron chi connectivity index (χ1n) is 8.96. The lowest BCUT2D eigenvalue weighted by atomic mass is 9.87. The number of benzene rings is 2. The van der Waals surface area contributed by atoms with E-state index in [4.69, 9.17) is 14.2 Å². The Bertz CT molecular complexity index is 854. The Morgan fingerprint density at radius 3 is 1.74 bits per heavy atom. The van der Waals surface area contributed by atoms with Gasteiger partial charge in [0, 0.05) is 17.2 Å². The van der Waals surface area contributed by atoms with Gasteiger partial charge in [-0.1, -0.05) is 12.1 Å². The number of allylic oxidation sites excluding steroid dienone is 2. The summed E-state index contributed by atoms with van der Waals surface area (Å²) in [6, 6.07) is 13.4. The van der Waals surface area contributed by atoms with Crippen LogP contribution in [0.2, 0.25) is 0 Å². The van der Waals surface area contributed by atoms with Crippen LogP contribution in [0.15, 0.2) is 53.6 Å². The molecule has 2 aromatic carbocycles. The summed E-state index contributed by atoms with van der Waals surface area (Å²) in [5.74, 6) is 2.33. The summed E-state index contributed by atoms with van der Waals surface area (Å²) in [6.07, 6.45) is 6.44. The van der Waals surface area contributed by atoms with Crippen molar-refractivity contribution in [3.63, 3.8) is 0 Å². The number of rotatable bonds is 5. The molecule has 2 aromatic rings. The number of carbonyl (C=O) groups excluding carboxylic acids is 1. The Labute approximate surface area is 160 Å². The van der Waals surface area contributed by atoms with Crippen molar-refractivity contribution in [1.82, 2.24) is 0 Å². The minimum absolute atomic E-state index is 0.110. The Morgan fingerprint density at radius 2 is 1.22 bits per heavy atom. The average Bonchev–Trinajstić information content (AvgIpc) is 2.71. The van der Waals surface area contributed by atoms with Gasteiger partial charge in [-0.25, -0.2) is 0 Å². The molecule has 140 valence electrons. The van der Waals surface area contributed by atoms with Gasteiger partial charge in [-0.15, -0.1) is 0 Å². The van der Waals surface area contributed by atoms with Gasteiger partial charge in [-0.2, -0.15) is 0 Å². The van der Waals surface area contributed by atoms with E-state index >= 15 is 0 Å². The fourth-order valence-electron chi connectivity index (χ4n) is 3.19. The fraction of sp³-hybridized carbons (Fsp3) is 0.261. The second-order valence-electron chi connectivity index (χ2n) is 6.44. The molecule has 4 nitrogen and oxygen atoms in total. The second-order valence-corrected chi connectivity index (χ2v) is 6.44. The highest BCUT2D eigenvalue weighted by Gasteiger charge is 2.20. The number of hydrogen-bond donors (Lipinski definition) is 0. The van der Waals surface area contributed by atoms with Crippen LogP contribution in [0.4, 0.5) is 0 Å². The van der Waals surface area contributed by atoms with Crippen LogP contribution in [0.5, 0.6) is 17.2 Å². The minimum atomic E-state index is 0.110. The van der Waals surface area contributed by atoms with Gasteiger partial charge in [0.2, 0.25) is 0 Å². The van der Waals surface area contributed by atoms with Gasteiger partial charge < -0.3 is 14.2 Å². The molecule has 1 fully saturated rings. The Kier molecular flexibility index (Phi) is 5.97. The first kappa shape index (κ1) is 18.8. The number of ketones is 1. The zero-order valence-corrected chi connectivity index (χ0v) is 16.0. The zero-order valence-electron chi connectivity index (χ0n) is 16.0. The van der Waals surface area contributed by atoms with E-state index in [-0.39, 0.29) is 5.78 Å². The highest BCUT2D eigenvalue weighted by molar-refractivity contribution is 6.14. The lowest BCUT2D eigenvalue weighted by molar-refractivity contribution is -0.112. The summed E-state index contributed by atoms with van der Waals surface area (Å²) in [5, 5.41) is 0. The SMILES string of the molecule is COc1ccc(/C=C2\CCC/C(=C\c3cc(OC)cc(OC)c3)C2=O)cc1. The average molecular weight is 364 g/mol. The van der Waals surface area contributed by atoms with E-state index in [2.05, 4.69) is 0 Å². The standard InChI is InChI=1S/C23H24O4/c1-25-20-9-7-16(8-10-20)11-18-5-4-6-19(23(18)24)12-17-13-21(26-2)15-22(14-17)27-3/h7-15H,4-6H2,1-3H3/b18-11+,19-12+. The molecule has 27 heavy (non-hydrogen) atoms. The molecule has 0 saturated heterocycles. The summed E-state index contributed by atoms with van der Waals surface area (Å²) < 4.78 is 15.8. The number of carbonyl (C=O) groups is 1. The molecule has 0 aliphatic heterocycles. The topological polar surface area (TPSA) is 44.8 Å². The summed E-state index contributed by atoms with van der Waals surface area (Å²) in [5.41, 5.74) is 3.56. The third kappa shape index (κ3) is 4.59. The molecular formula is C23H24O4. The highest BCUT2D eigenvalue weighted by atomic mass is 16.5. The van der Waals surface area contributed by atoms with Gasteiger partial charge in [0.25, 0.3) is 0 Å². The van der Waals surface area contributed by atoms with Gasteiger partial charge in [0.05, 0.1) is 21.3 Å². The first-order chi connectivity index (χ1) is 13.1. The first-order valence-corrected chi connectivity index (χ1v) is 8.96. The van der Waals surface area contributed by atoms with Gasteiger partial charge >= 0.3 is 0 Å². The van der Waals surface area contributed by atoms with Gasteiger partial charge in [-0.3, -0.25) is 4.79 Å². The molecule has 0 spiro atoms. The molecule has 1 aliphatic rings. The van der Waals surface area contributed by atoms with Crippen molar-refractivity contribution in [3.05, 3.63) is 64.7 Å². The van der Waals surface area contributed by atoms with E-state index in [1.54, 1.807) is 21.3 Å². The van der Waals surface area contributed by atoms with Crippen LogP contribution in [0.1, 0.15) is 30.4 Å². The zero-order chi connectivity index (χ0) is 19.2. The maximum Gasteiger partial charge on any atom is 0.185 e. The Balaban J connectivity index is 1.88. The largest absolute Gasteiger partial charge is 0.497 e. The normalized spacial score (nSPS) is 17.2. The Hall–Kier alpha value is -3.01. The van der Waals surface area contributed by atoms with Crippen LogP contribution in [-0.2, 0) is 4.79 Å². The molecule has 1 saturated carbocycles. The molecule has 0 unspecified atom stereocenters. The van der Waals surface area contributed by atoms with Gasteiger partial charge in [0.1, 0.15) is 17.2 Å². The summed E-state index contributed by atoms with van der Waals surface area (Å²) >= 11 is 0. The maximum atomic E-state index is 12.9. The lowest BCUT2D eigenvalue weighted by Gasteiger charge is -2.17. The van der Waals surface area contributed by atoms with Crippen molar-refractivity contribution in [3.8, 4) is 17.2 Å². The molecule has 1 aliphatic carbocycles. The summed E-state index contributed by atoms with van der Waals surface area (Å²) in [4.78, 5) is 12.9. The third-order valence-corrected chi connectivity index (χ3v) is 4.65. The number of methoxy groups -OCH3 is 3. The minimum Gasteiger partial charge on any atom is -0.497 e. The van der Waals surface area contributed by atoms with E-state index in [1.807, 2.05) is 54.6 Å². The summed E-state index contributed by atoms with van der Waals surface area (Å²) in [7, 11) is 4.88. The van der Waals surface area contributed by atoms with Gasteiger partial charge in [0.15, 0.2) is 5.78 Å². The number of Topliss-reactive ketones (excluding diaryl/α,β-unsaturated/α-hetero) is 1. The van der Waals surface area contributed by atoms with Crippen LogP contribution >= 0.6 is 0 Å². The molecule has 3 rings (SSSR count).